The summed E-state index contributed by atoms with van der Waals surface area (Å²) >= 11 is 0. The maximum Gasteiger partial charge on any atom is 0.0995 e. The van der Waals surface area contributed by atoms with Gasteiger partial charge in [0.25, 0.3) is 0 Å². The van der Waals surface area contributed by atoms with Crippen LogP contribution in [0.5, 0.6) is 0 Å². The summed E-state index contributed by atoms with van der Waals surface area (Å²) in [7, 11) is 6.08. The first-order valence-corrected chi connectivity index (χ1v) is 6.46. The molecule has 102 valence electrons. The number of nitrogens with one attached hydrogen (secondary N) is 1. The molecule has 0 radical (unpaired) electrons. The highest BCUT2D eigenvalue weighted by molar-refractivity contribution is 5.62. The Morgan fingerprint density at radius 1 is 1.21 bits per heavy atom. The average Bonchev–Trinajstić information content (AvgIpc) is 2.88. The molecule has 1 heterocycles. The maximum absolute atomic E-state index is 4.32. The summed E-state index contributed by atoms with van der Waals surface area (Å²) in [5, 5.41) is 3.33. The van der Waals surface area contributed by atoms with Crippen molar-refractivity contribution in [1.29, 1.82) is 0 Å². The van der Waals surface area contributed by atoms with Crippen LogP contribution in [0.1, 0.15) is 19.5 Å². The minimum absolute atomic E-state index is 0.129. The van der Waals surface area contributed by atoms with Gasteiger partial charge in [0.05, 0.1) is 35.1 Å². The lowest BCUT2D eigenvalue weighted by molar-refractivity contribution is 0.425. The maximum atomic E-state index is 4.32. The fourth-order valence-electron chi connectivity index (χ4n) is 2.12. The Bertz CT molecular complexity index is 555. The smallest absolute Gasteiger partial charge is 0.0995 e. The zero-order chi connectivity index (χ0) is 14.0. The van der Waals surface area contributed by atoms with E-state index in [1.807, 2.05) is 19.6 Å². The van der Waals surface area contributed by atoms with Crippen molar-refractivity contribution in [2.75, 3.05) is 26.0 Å². The normalized spacial score (nSPS) is 11.6. The topological polar surface area (TPSA) is 33.1 Å². The molecule has 0 unspecified atom stereocenters. The summed E-state index contributed by atoms with van der Waals surface area (Å²) in [6.07, 6.45) is 3.79. The standard InChI is InChI=1S/C15H22N4/c1-15(2,16-3)14-10-17-11-19(14)13-9-7-6-8-12(13)18(4)5/h6-11,16H,1-5H3. The number of imidazole rings is 1. The minimum Gasteiger partial charge on any atom is -0.376 e. The molecule has 0 bridgehead atoms. The molecule has 0 aliphatic heterocycles. The third-order valence-corrected chi connectivity index (χ3v) is 3.53. The first-order chi connectivity index (χ1) is 8.97. The molecule has 1 N–H and O–H groups in total. The highest BCUT2D eigenvalue weighted by Crippen LogP contribution is 2.27. The highest BCUT2D eigenvalue weighted by atomic mass is 15.1. The van der Waals surface area contributed by atoms with Gasteiger partial charge in [0, 0.05) is 14.1 Å². The second-order valence-corrected chi connectivity index (χ2v) is 5.41. The Morgan fingerprint density at radius 3 is 2.53 bits per heavy atom. The Morgan fingerprint density at radius 2 is 1.89 bits per heavy atom. The Balaban J connectivity index is 2.58. The molecule has 0 spiro atoms. The van der Waals surface area contributed by atoms with Gasteiger partial charge in [0.1, 0.15) is 0 Å². The van der Waals surface area contributed by atoms with Crippen molar-refractivity contribution in [2.24, 2.45) is 0 Å². The lowest BCUT2D eigenvalue weighted by Crippen LogP contribution is -2.35. The van der Waals surface area contributed by atoms with Crippen LogP contribution in [0, 0.1) is 0 Å². The van der Waals surface area contributed by atoms with Gasteiger partial charge >= 0.3 is 0 Å². The van der Waals surface area contributed by atoms with Crippen molar-refractivity contribution in [3.63, 3.8) is 0 Å². The third-order valence-electron chi connectivity index (χ3n) is 3.53. The van der Waals surface area contributed by atoms with Crippen molar-refractivity contribution >= 4 is 5.69 Å². The molecular weight excluding hydrogens is 236 g/mol. The van der Waals surface area contributed by atoms with E-state index >= 15 is 0 Å². The largest absolute Gasteiger partial charge is 0.376 e. The predicted octanol–water partition coefficient (Wildman–Crippen LogP) is 2.39. The molecule has 2 aromatic rings. The van der Waals surface area contributed by atoms with Gasteiger partial charge in [-0.2, -0.15) is 0 Å². The molecule has 0 aliphatic rings. The second kappa shape index (κ2) is 5.05. The SMILES string of the molecule is CNC(C)(C)c1cncn1-c1ccccc1N(C)C. The lowest BCUT2D eigenvalue weighted by Gasteiger charge is -2.27. The summed E-state index contributed by atoms with van der Waals surface area (Å²) in [5.74, 6) is 0. The average molecular weight is 258 g/mol. The number of anilines is 1. The predicted molar refractivity (Wildman–Crippen MR) is 80.0 cm³/mol. The molecule has 19 heavy (non-hydrogen) atoms. The number of para-hydroxylation sites is 2. The fraction of sp³-hybridized carbons (Fsp3) is 0.400. The van der Waals surface area contributed by atoms with Crippen LogP contribution in [-0.4, -0.2) is 30.7 Å². The molecule has 0 fully saturated rings. The summed E-state index contributed by atoms with van der Waals surface area (Å²) in [6, 6.07) is 8.34. The van der Waals surface area contributed by atoms with Crippen LogP contribution in [0.15, 0.2) is 36.8 Å². The number of hydrogen-bond acceptors (Lipinski definition) is 3. The zero-order valence-electron chi connectivity index (χ0n) is 12.3. The Kier molecular flexibility index (Phi) is 3.62. The molecule has 0 amide bonds. The molecule has 0 atom stereocenters. The fourth-order valence-corrected chi connectivity index (χ4v) is 2.12. The van der Waals surface area contributed by atoms with Crippen molar-refractivity contribution in [3.05, 3.63) is 42.5 Å². The minimum atomic E-state index is -0.129. The Labute approximate surface area is 115 Å². The summed E-state index contributed by atoms with van der Waals surface area (Å²) < 4.78 is 2.14. The molecule has 0 aliphatic carbocycles. The van der Waals surface area contributed by atoms with Gasteiger partial charge in [-0.15, -0.1) is 0 Å². The van der Waals surface area contributed by atoms with Gasteiger partial charge in [-0.3, -0.25) is 4.57 Å². The van der Waals surface area contributed by atoms with E-state index in [2.05, 4.69) is 72.0 Å². The Hall–Kier alpha value is -1.81. The van der Waals surface area contributed by atoms with Gasteiger partial charge in [0.15, 0.2) is 0 Å². The van der Waals surface area contributed by atoms with E-state index in [9.17, 15) is 0 Å². The van der Waals surface area contributed by atoms with E-state index in [4.69, 9.17) is 0 Å². The monoisotopic (exact) mass is 258 g/mol. The van der Waals surface area contributed by atoms with Gasteiger partial charge in [-0.05, 0) is 33.0 Å². The molecule has 0 saturated carbocycles. The molecule has 1 aromatic carbocycles. The van der Waals surface area contributed by atoms with E-state index in [0.29, 0.717) is 0 Å². The molecular formula is C15H22N4. The third kappa shape index (κ3) is 2.49. The van der Waals surface area contributed by atoms with E-state index < -0.39 is 0 Å². The van der Waals surface area contributed by atoms with Crippen LogP contribution in [0.25, 0.3) is 5.69 Å². The number of rotatable bonds is 4. The summed E-state index contributed by atoms with van der Waals surface area (Å²) in [4.78, 5) is 6.43. The first-order valence-electron chi connectivity index (χ1n) is 6.46. The van der Waals surface area contributed by atoms with Crippen molar-refractivity contribution < 1.29 is 0 Å². The molecule has 4 heteroatoms. The lowest BCUT2D eigenvalue weighted by atomic mass is 10.0. The van der Waals surface area contributed by atoms with E-state index in [1.165, 1.54) is 5.69 Å². The van der Waals surface area contributed by atoms with E-state index in [0.717, 1.165) is 11.4 Å². The van der Waals surface area contributed by atoms with E-state index in [1.54, 1.807) is 0 Å². The van der Waals surface area contributed by atoms with Crippen molar-refractivity contribution in [3.8, 4) is 5.69 Å². The molecule has 4 nitrogen and oxygen atoms in total. The zero-order valence-corrected chi connectivity index (χ0v) is 12.3. The van der Waals surface area contributed by atoms with Crippen LogP contribution in [0.3, 0.4) is 0 Å². The number of aromatic nitrogens is 2. The van der Waals surface area contributed by atoms with E-state index in [-0.39, 0.29) is 5.54 Å². The van der Waals surface area contributed by atoms with Crippen molar-refractivity contribution in [2.45, 2.75) is 19.4 Å². The number of benzene rings is 1. The van der Waals surface area contributed by atoms with Crippen LogP contribution < -0.4 is 10.2 Å². The summed E-state index contributed by atoms with van der Waals surface area (Å²) in [6.45, 7) is 4.30. The van der Waals surface area contributed by atoms with Gasteiger partial charge in [-0.25, -0.2) is 4.98 Å². The molecule has 0 saturated heterocycles. The summed E-state index contributed by atoms with van der Waals surface area (Å²) in [5.41, 5.74) is 3.33. The molecule has 1 aromatic heterocycles. The van der Waals surface area contributed by atoms with Gasteiger partial charge < -0.3 is 10.2 Å². The second-order valence-electron chi connectivity index (χ2n) is 5.41. The van der Waals surface area contributed by atoms with Crippen molar-refractivity contribution in [1.82, 2.24) is 14.9 Å². The van der Waals surface area contributed by atoms with Crippen LogP contribution in [0.2, 0.25) is 0 Å². The number of nitrogens with zero attached hydrogens (tertiary/aromatic N) is 3. The van der Waals surface area contributed by atoms with Gasteiger partial charge in [0.2, 0.25) is 0 Å². The van der Waals surface area contributed by atoms with Crippen LogP contribution in [-0.2, 0) is 5.54 Å². The first kappa shape index (κ1) is 13.6. The van der Waals surface area contributed by atoms with Gasteiger partial charge in [-0.1, -0.05) is 12.1 Å². The molecule has 2 rings (SSSR count). The highest BCUT2D eigenvalue weighted by Gasteiger charge is 2.23. The van der Waals surface area contributed by atoms with Crippen LogP contribution in [0.4, 0.5) is 5.69 Å². The number of hydrogen-bond donors (Lipinski definition) is 1. The van der Waals surface area contributed by atoms with Crippen LogP contribution >= 0.6 is 0 Å². The quantitative estimate of drug-likeness (QED) is 0.914.